The largest absolute Gasteiger partial charge is 0.322 e. The fourth-order valence-electron chi connectivity index (χ4n) is 3.20. The Bertz CT molecular complexity index is 913. The lowest BCUT2D eigenvalue weighted by atomic mass is 10.1. The summed E-state index contributed by atoms with van der Waals surface area (Å²) < 4.78 is 3.72. The fourth-order valence-corrected chi connectivity index (χ4v) is 3.20. The van der Waals surface area contributed by atoms with Gasteiger partial charge in [-0.2, -0.15) is 10.2 Å². The molecule has 1 atom stereocenters. The first-order valence-electron chi connectivity index (χ1n) is 9.17. The number of carbonyl (C=O) groups excluding carboxylic acids is 1. The second kappa shape index (κ2) is 8.18. The Labute approximate surface area is 159 Å². The molecule has 3 rings (SSSR count). The first kappa shape index (κ1) is 18.8. The van der Waals surface area contributed by atoms with Gasteiger partial charge in [-0.3, -0.25) is 9.48 Å². The third-order valence-corrected chi connectivity index (χ3v) is 4.67. The average Bonchev–Trinajstić information content (AvgIpc) is 3.30. The van der Waals surface area contributed by atoms with Gasteiger partial charge in [0, 0.05) is 25.0 Å². The van der Waals surface area contributed by atoms with Crippen molar-refractivity contribution in [2.45, 2.75) is 40.3 Å². The van der Waals surface area contributed by atoms with E-state index in [1.54, 1.807) is 6.20 Å². The van der Waals surface area contributed by atoms with Crippen molar-refractivity contribution in [3.63, 3.8) is 0 Å². The Kier molecular flexibility index (Phi) is 5.71. The van der Waals surface area contributed by atoms with Crippen molar-refractivity contribution in [2.24, 2.45) is 0 Å². The molecule has 0 spiro atoms. The highest BCUT2D eigenvalue weighted by molar-refractivity contribution is 5.93. The van der Waals surface area contributed by atoms with E-state index in [2.05, 4.69) is 20.8 Å². The molecule has 0 aliphatic carbocycles. The molecule has 27 heavy (non-hydrogen) atoms. The molecular formula is C20H26N6O. The number of aryl methyl sites for hydroxylation is 2. The van der Waals surface area contributed by atoms with Crippen LogP contribution in [0.15, 0.2) is 42.7 Å². The summed E-state index contributed by atoms with van der Waals surface area (Å²) in [7, 11) is 0. The average molecular weight is 366 g/mol. The molecule has 0 unspecified atom stereocenters. The zero-order valence-corrected chi connectivity index (χ0v) is 16.2. The van der Waals surface area contributed by atoms with Crippen LogP contribution in [0.3, 0.4) is 0 Å². The standard InChI is InChI=1S/C20H26N6O/c1-5-25-16(4)20(15(3)24-25)23-19(27)13-21-14(2)17-9-6-7-10-18(17)26-12-8-11-22-26/h6-12,14,21H,5,13H2,1-4H3,(H,23,27)/t14-/m0/s1. The number of para-hydroxylation sites is 1. The number of rotatable bonds is 7. The minimum Gasteiger partial charge on any atom is -0.322 e. The maximum atomic E-state index is 12.4. The number of nitrogens with one attached hydrogen (secondary N) is 2. The van der Waals surface area contributed by atoms with Crippen LogP contribution < -0.4 is 10.6 Å². The Balaban J connectivity index is 1.66. The van der Waals surface area contributed by atoms with Crippen molar-refractivity contribution < 1.29 is 4.79 Å². The summed E-state index contributed by atoms with van der Waals surface area (Å²) >= 11 is 0. The van der Waals surface area contributed by atoms with Crippen molar-refractivity contribution in [3.05, 3.63) is 59.7 Å². The first-order chi connectivity index (χ1) is 13.0. The lowest BCUT2D eigenvalue weighted by Gasteiger charge is -2.18. The van der Waals surface area contributed by atoms with Crippen LogP contribution in [0.1, 0.15) is 36.8 Å². The van der Waals surface area contributed by atoms with Crippen LogP contribution in [0.25, 0.3) is 5.69 Å². The molecule has 3 aromatic rings. The van der Waals surface area contributed by atoms with Crippen molar-refractivity contribution in [1.29, 1.82) is 0 Å². The number of hydrogen-bond donors (Lipinski definition) is 2. The van der Waals surface area contributed by atoms with Crippen LogP contribution in [0.4, 0.5) is 5.69 Å². The summed E-state index contributed by atoms with van der Waals surface area (Å²) in [5, 5.41) is 15.0. The quantitative estimate of drug-likeness (QED) is 0.674. The van der Waals surface area contributed by atoms with Crippen molar-refractivity contribution in [2.75, 3.05) is 11.9 Å². The van der Waals surface area contributed by atoms with Gasteiger partial charge in [0.05, 0.1) is 29.3 Å². The van der Waals surface area contributed by atoms with Crippen molar-refractivity contribution in [1.82, 2.24) is 24.9 Å². The minimum absolute atomic E-state index is 0.00305. The van der Waals surface area contributed by atoms with Gasteiger partial charge >= 0.3 is 0 Å². The van der Waals surface area contributed by atoms with E-state index in [1.807, 2.05) is 73.6 Å². The van der Waals surface area contributed by atoms with Crippen molar-refractivity contribution in [3.8, 4) is 5.69 Å². The van der Waals surface area contributed by atoms with Crippen LogP contribution in [0.2, 0.25) is 0 Å². The topological polar surface area (TPSA) is 76.8 Å². The zero-order valence-electron chi connectivity index (χ0n) is 16.2. The van der Waals surface area contributed by atoms with Crippen molar-refractivity contribution >= 4 is 11.6 Å². The van der Waals surface area contributed by atoms with Crippen LogP contribution in [-0.2, 0) is 11.3 Å². The Hall–Kier alpha value is -2.93. The number of amides is 1. The van der Waals surface area contributed by atoms with E-state index in [0.29, 0.717) is 0 Å². The third kappa shape index (κ3) is 4.09. The molecule has 0 fully saturated rings. The van der Waals surface area contributed by atoms with Gasteiger partial charge in [0.15, 0.2) is 0 Å². The molecule has 2 N–H and O–H groups in total. The van der Waals surface area contributed by atoms with Gasteiger partial charge in [-0.25, -0.2) is 4.68 Å². The summed E-state index contributed by atoms with van der Waals surface area (Å²) in [5.41, 5.74) is 4.69. The fraction of sp³-hybridized carbons (Fsp3) is 0.350. The summed E-state index contributed by atoms with van der Waals surface area (Å²) in [6, 6.07) is 9.93. The van der Waals surface area contributed by atoms with Gasteiger partial charge in [0.1, 0.15) is 0 Å². The number of carbonyl (C=O) groups is 1. The summed E-state index contributed by atoms with van der Waals surface area (Å²) in [5.74, 6) is -0.0831. The minimum atomic E-state index is -0.0831. The lowest BCUT2D eigenvalue weighted by molar-refractivity contribution is -0.115. The van der Waals surface area contributed by atoms with E-state index < -0.39 is 0 Å². The maximum Gasteiger partial charge on any atom is 0.238 e. The van der Waals surface area contributed by atoms with Crippen LogP contribution in [0, 0.1) is 13.8 Å². The normalized spacial score (nSPS) is 12.1. The van der Waals surface area contributed by atoms with Gasteiger partial charge in [-0.1, -0.05) is 18.2 Å². The predicted molar refractivity (Wildman–Crippen MR) is 106 cm³/mol. The van der Waals surface area contributed by atoms with E-state index in [0.717, 1.165) is 34.9 Å². The first-order valence-corrected chi connectivity index (χ1v) is 9.17. The molecule has 0 saturated carbocycles. The third-order valence-electron chi connectivity index (χ3n) is 4.67. The lowest BCUT2D eigenvalue weighted by Crippen LogP contribution is -2.30. The number of nitrogens with zero attached hydrogens (tertiary/aromatic N) is 4. The maximum absolute atomic E-state index is 12.4. The Morgan fingerprint density at radius 1 is 1.22 bits per heavy atom. The number of hydrogen-bond acceptors (Lipinski definition) is 4. The Morgan fingerprint density at radius 2 is 2.00 bits per heavy atom. The zero-order chi connectivity index (χ0) is 19.4. The summed E-state index contributed by atoms with van der Waals surface area (Å²) in [6.07, 6.45) is 3.67. The SMILES string of the molecule is CCn1nc(C)c(NC(=O)CN[C@@H](C)c2ccccc2-n2cccn2)c1C. The molecule has 0 aliphatic rings. The molecule has 0 aliphatic heterocycles. The van der Waals surface area contributed by atoms with E-state index in [4.69, 9.17) is 0 Å². The highest BCUT2D eigenvalue weighted by Gasteiger charge is 2.16. The highest BCUT2D eigenvalue weighted by atomic mass is 16.1. The second-order valence-electron chi connectivity index (χ2n) is 6.52. The molecular weight excluding hydrogens is 340 g/mol. The summed E-state index contributed by atoms with van der Waals surface area (Å²) in [4.78, 5) is 12.4. The highest BCUT2D eigenvalue weighted by Crippen LogP contribution is 2.21. The molecule has 0 radical (unpaired) electrons. The number of benzene rings is 1. The van der Waals surface area contributed by atoms with E-state index >= 15 is 0 Å². The number of anilines is 1. The van der Waals surface area contributed by atoms with Crippen LogP contribution in [0.5, 0.6) is 0 Å². The second-order valence-corrected chi connectivity index (χ2v) is 6.52. The predicted octanol–water partition coefficient (Wildman–Crippen LogP) is 2.99. The molecule has 142 valence electrons. The molecule has 1 aromatic carbocycles. The van der Waals surface area contributed by atoms with Gasteiger partial charge in [-0.05, 0) is 45.4 Å². The smallest absolute Gasteiger partial charge is 0.238 e. The molecule has 0 bridgehead atoms. The monoisotopic (exact) mass is 366 g/mol. The van der Waals surface area contributed by atoms with Crippen LogP contribution in [-0.4, -0.2) is 32.0 Å². The Morgan fingerprint density at radius 3 is 2.67 bits per heavy atom. The van der Waals surface area contributed by atoms with Crippen LogP contribution >= 0.6 is 0 Å². The molecule has 2 aromatic heterocycles. The molecule has 7 nitrogen and oxygen atoms in total. The molecule has 0 saturated heterocycles. The summed E-state index contributed by atoms with van der Waals surface area (Å²) in [6.45, 7) is 8.94. The van der Waals surface area contributed by atoms with Gasteiger partial charge in [0.25, 0.3) is 0 Å². The molecule has 1 amide bonds. The van der Waals surface area contributed by atoms with E-state index in [1.165, 1.54) is 0 Å². The van der Waals surface area contributed by atoms with E-state index in [-0.39, 0.29) is 18.5 Å². The molecule has 7 heteroatoms. The van der Waals surface area contributed by atoms with E-state index in [9.17, 15) is 4.79 Å². The van der Waals surface area contributed by atoms with Gasteiger partial charge in [0.2, 0.25) is 5.91 Å². The van der Waals surface area contributed by atoms with Gasteiger partial charge < -0.3 is 10.6 Å². The molecule has 2 heterocycles. The van der Waals surface area contributed by atoms with Gasteiger partial charge in [-0.15, -0.1) is 0 Å². The number of aromatic nitrogens is 4.